The Bertz CT molecular complexity index is 1700. The number of rotatable bonds is 5. The molecule has 6 N–H and O–H groups in total. The molecule has 3 atom stereocenters. The number of carbonyl (C=O) groups excluding carboxylic acids is 4. The number of thiazole rings is 1. The minimum absolute atomic E-state index is 0.0344. The number of aromatic hydroxyl groups is 1. The summed E-state index contributed by atoms with van der Waals surface area (Å²) in [5.41, 5.74) is 6.08. The minimum Gasteiger partial charge on any atom is -0.508 e. The second-order valence-corrected chi connectivity index (χ2v) is 12.4. The quantitative estimate of drug-likeness (QED) is 0.306. The number of hydrogen-bond acceptors (Lipinski definition) is 10. The summed E-state index contributed by atoms with van der Waals surface area (Å²) in [4.78, 5) is 64.2. The van der Waals surface area contributed by atoms with Crippen LogP contribution in [0.2, 0.25) is 0 Å². The molecule has 5 rings (SSSR count). The zero-order valence-corrected chi connectivity index (χ0v) is 22.1. The number of aromatic nitrogens is 1. The summed E-state index contributed by atoms with van der Waals surface area (Å²) >= 11 is 1.71. The van der Waals surface area contributed by atoms with Crippen LogP contribution in [-0.4, -0.2) is 52.0 Å². The number of nitrogens with two attached hydrogens (primary N) is 2. The molecule has 3 aromatic rings. The fraction of sp³-hybridized carbons (Fsp3) is 0.174. The van der Waals surface area contributed by atoms with Crippen LogP contribution >= 0.6 is 23.1 Å². The average molecular weight is 590 g/mol. The van der Waals surface area contributed by atoms with Crippen LogP contribution < -0.4 is 21.1 Å². The number of amides is 5. The molecule has 1 saturated heterocycles. The molecule has 0 spiro atoms. The second kappa shape index (κ2) is 9.64. The third kappa shape index (κ3) is 4.71. The van der Waals surface area contributed by atoms with Crippen LogP contribution in [0.5, 0.6) is 5.75 Å². The summed E-state index contributed by atoms with van der Waals surface area (Å²) < 4.78 is 24.1. The van der Waals surface area contributed by atoms with Gasteiger partial charge in [-0.05, 0) is 42.0 Å². The molecule has 0 aliphatic carbocycles. The lowest BCUT2D eigenvalue weighted by Crippen LogP contribution is -2.41. The first-order valence-electron chi connectivity index (χ1n) is 11.2. The predicted molar refractivity (Wildman–Crippen MR) is 140 cm³/mol. The molecule has 13 nitrogen and oxygen atoms in total. The summed E-state index contributed by atoms with van der Waals surface area (Å²) in [5, 5.41) is 16.6. The molecule has 3 heterocycles. The number of imide groups is 3. The van der Waals surface area contributed by atoms with Crippen molar-refractivity contribution in [1.82, 2.24) is 9.47 Å². The van der Waals surface area contributed by atoms with Gasteiger partial charge in [0, 0.05) is 16.5 Å². The number of benzene rings is 2. The van der Waals surface area contributed by atoms with Crippen LogP contribution in [0.3, 0.4) is 0 Å². The Morgan fingerprint density at radius 2 is 1.64 bits per heavy atom. The Kier molecular flexibility index (Phi) is 6.58. The number of likely N-dealkylation sites (tertiary alicyclic amines) is 1. The summed E-state index contributed by atoms with van der Waals surface area (Å²) in [6.45, 7) is -0.448. The molecule has 0 radical (unpaired) electrons. The number of phenolic OH excluding ortho intramolecular Hbond substituents is 1. The van der Waals surface area contributed by atoms with E-state index in [1.165, 1.54) is 41.0 Å². The van der Waals surface area contributed by atoms with Crippen molar-refractivity contribution < 1.29 is 32.7 Å². The van der Waals surface area contributed by atoms with Crippen molar-refractivity contribution in [3.8, 4) is 5.75 Å². The van der Waals surface area contributed by atoms with Crippen LogP contribution in [0.4, 0.5) is 10.5 Å². The van der Waals surface area contributed by atoms with Crippen LogP contribution in [0.25, 0.3) is 0 Å². The molecule has 0 bridgehead atoms. The van der Waals surface area contributed by atoms with Gasteiger partial charge in [-0.25, -0.2) is 18.4 Å². The lowest BCUT2D eigenvalue weighted by molar-refractivity contribution is -0.135. The molecular weight excluding hydrogens is 570 g/mol. The number of thioether (sulfide) groups is 1. The third-order valence-corrected chi connectivity index (χ3v) is 9.82. The number of phenols is 1. The van der Waals surface area contributed by atoms with Gasteiger partial charge in [-0.1, -0.05) is 35.2 Å². The predicted octanol–water partition coefficient (Wildman–Crippen LogP) is 0.571. The van der Waals surface area contributed by atoms with Gasteiger partial charge in [0.25, 0.3) is 5.91 Å². The van der Waals surface area contributed by atoms with Crippen LogP contribution in [0, 0.1) is 5.92 Å². The molecule has 16 heteroatoms. The maximum Gasteiger partial charge on any atom is 0.328 e. The van der Waals surface area contributed by atoms with Crippen molar-refractivity contribution in [1.29, 1.82) is 0 Å². The maximum atomic E-state index is 13.2. The highest BCUT2D eigenvalue weighted by atomic mass is 32.2. The van der Waals surface area contributed by atoms with E-state index < -0.39 is 62.3 Å². The van der Waals surface area contributed by atoms with Gasteiger partial charge in [-0.2, -0.15) is 4.90 Å². The van der Waals surface area contributed by atoms with E-state index in [1.807, 2.05) is 0 Å². The third-order valence-electron chi connectivity index (χ3n) is 6.29. The molecule has 3 unspecified atom stereocenters. The summed E-state index contributed by atoms with van der Waals surface area (Å²) in [6, 6.07) is 9.79. The number of carbonyl (C=O) groups is 4. The number of primary sulfonamides is 1. The average Bonchev–Trinajstić information content (AvgIpc) is 3.30. The molecule has 202 valence electrons. The van der Waals surface area contributed by atoms with Gasteiger partial charge in [-0.3, -0.25) is 23.7 Å². The van der Waals surface area contributed by atoms with Gasteiger partial charge < -0.3 is 16.2 Å². The van der Waals surface area contributed by atoms with Crippen LogP contribution in [0.1, 0.15) is 16.4 Å². The van der Waals surface area contributed by atoms with Crippen molar-refractivity contribution in [3.63, 3.8) is 0 Å². The van der Waals surface area contributed by atoms with E-state index in [9.17, 15) is 37.5 Å². The van der Waals surface area contributed by atoms with Gasteiger partial charge in [0.15, 0.2) is 0 Å². The Hall–Kier alpha value is -3.99. The minimum atomic E-state index is -3.92. The van der Waals surface area contributed by atoms with Gasteiger partial charge in [0.1, 0.15) is 17.5 Å². The first-order valence-corrected chi connectivity index (χ1v) is 14.4. The summed E-state index contributed by atoms with van der Waals surface area (Å²) in [5.74, 6) is -4.11. The fourth-order valence-corrected chi connectivity index (χ4v) is 7.87. The number of hydrogen-bond donors (Lipinski definition) is 4. The molecule has 1 fully saturated rings. The van der Waals surface area contributed by atoms with E-state index in [1.54, 1.807) is 12.1 Å². The first kappa shape index (κ1) is 26.6. The number of nitrogens with zero attached hydrogens (tertiary/aromatic N) is 2. The highest BCUT2D eigenvalue weighted by Crippen LogP contribution is 2.53. The summed E-state index contributed by atoms with van der Waals surface area (Å²) in [7, 11) is -3.92. The van der Waals surface area contributed by atoms with Gasteiger partial charge in [0.05, 0.1) is 15.8 Å². The van der Waals surface area contributed by atoms with Crippen molar-refractivity contribution in [2.45, 2.75) is 27.6 Å². The smallest absolute Gasteiger partial charge is 0.328 e. The van der Waals surface area contributed by atoms with Gasteiger partial charge >= 0.3 is 10.9 Å². The van der Waals surface area contributed by atoms with Gasteiger partial charge in [0.2, 0.25) is 21.8 Å². The number of fused-ring (bicyclic) bond motifs is 2. The van der Waals surface area contributed by atoms with E-state index in [0.29, 0.717) is 15.3 Å². The Labute approximate surface area is 228 Å². The van der Waals surface area contributed by atoms with Crippen molar-refractivity contribution in [2.24, 2.45) is 16.8 Å². The topological polar surface area (TPSA) is 212 Å². The van der Waals surface area contributed by atoms with E-state index in [2.05, 4.69) is 5.32 Å². The van der Waals surface area contributed by atoms with Crippen molar-refractivity contribution in [2.75, 3.05) is 5.32 Å². The summed E-state index contributed by atoms with van der Waals surface area (Å²) in [6.07, 6.45) is 0. The molecule has 0 saturated carbocycles. The Morgan fingerprint density at radius 1 is 1.00 bits per heavy atom. The molecule has 2 aliphatic rings. The normalized spacial score (nSPS) is 20.4. The van der Waals surface area contributed by atoms with E-state index in [-0.39, 0.29) is 21.4 Å². The highest BCUT2D eigenvalue weighted by Gasteiger charge is 2.57. The zero-order valence-electron chi connectivity index (χ0n) is 19.6. The molecular formula is C23H19N5O8S3. The number of sulfonamides is 1. The van der Waals surface area contributed by atoms with E-state index in [0.717, 1.165) is 23.1 Å². The lowest BCUT2D eigenvalue weighted by atomic mass is 9.83. The van der Waals surface area contributed by atoms with Crippen LogP contribution in [0.15, 0.2) is 63.2 Å². The monoisotopic (exact) mass is 589 g/mol. The number of primary amides is 1. The molecule has 39 heavy (non-hydrogen) atoms. The highest BCUT2D eigenvalue weighted by molar-refractivity contribution is 8.00. The molecule has 2 aliphatic heterocycles. The molecule has 5 amide bonds. The van der Waals surface area contributed by atoms with Crippen LogP contribution in [-0.2, 0) is 31.0 Å². The number of anilines is 1. The second-order valence-electron chi connectivity index (χ2n) is 8.72. The van der Waals surface area contributed by atoms with E-state index >= 15 is 0 Å². The SMILES string of the molecule is NC(=O)N1C(=O)C2Sc3c(sc(=O)n3CC(=O)Nc3ccc(S(N)(=O)=O)cc3)C(c3ccc(O)cc3)C2C1=O. The fourth-order valence-electron chi connectivity index (χ4n) is 4.59. The van der Waals surface area contributed by atoms with E-state index in [4.69, 9.17) is 10.9 Å². The first-order chi connectivity index (χ1) is 18.4. The Morgan fingerprint density at radius 3 is 2.23 bits per heavy atom. The zero-order chi connectivity index (χ0) is 28.2. The maximum absolute atomic E-state index is 13.2. The lowest BCUT2D eigenvalue weighted by Gasteiger charge is -2.30. The van der Waals surface area contributed by atoms with Crippen molar-refractivity contribution in [3.05, 3.63) is 68.6 Å². The standard InChI is InChI=1S/C23H19N5O8S3/c24-22(33)28-19(31)16-15(10-1-5-12(29)6-2-10)18-21(37-17(16)20(28)32)27(23(34)38-18)9-14(30)26-11-3-7-13(8-4-11)39(25,35)36/h1-8,15-17,29H,9H2,(H2,24,33)(H,26,30)(H2,25,35,36). The number of urea groups is 1. The molecule has 2 aromatic carbocycles. The number of nitrogens with one attached hydrogen (secondary N) is 1. The Balaban J connectivity index is 1.51. The largest absolute Gasteiger partial charge is 0.508 e. The van der Waals surface area contributed by atoms with Crippen molar-refractivity contribution >= 4 is 62.6 Å². The van der Waals surface area contributed by atoms with Gasteiger partial charge in [-0.15, -0.1) is 0 Å². The molecule has 1 aromatic heterocycles.